The van der Waals surface area contributed by atoms with Crippen LogP contribution in [-0.2, 0) is 10.0 Å². The molecule has 0 spiro atoms. The first-order valence-corrected chi connectivity index (χ1v) is 11.9. The second kappa shape index (κ2) is 8.57. The maximum absolute atomic E-state index is 14.6. The van der Waals surface area contributed by atoms with Gasteiger partial charge in [0.15, 0.2) is 0 Å². The lowest BCUT2D eigenvalue weighted by molar-refractivity contribution is 0.146. The summed E-state index contributed by atoms with van der Waals surface area (Å²) in [4.78, 5) is 8.81. The SMILES string of the molecule is Cc1nc(N2CCCCS2(=O)=O)cc2c(N[C@H](C)c3cccc(C(F)F)c3F)ccnc12. The number of pyridine rings is 2. The summed E-state index contributed by atoms with van der Waals surface area (Å²) in [6, 6.07) is 6.63. The van der Waals surface area contributed by atoms with E-state index in [0.717, 1.165) is 12.5 Å². The summed E-state index contributed by atoms with van der Waals surface area (Å²) >= 11 is 0. The van der Waals surface area contributed by atoms with Crippen molar-refractivity contribution in [2.45, 2.75) is 39.2 Å². The van der Waals surface area contributed by atoms with Gasteiger partial charge < -0.3 is 5.32 Å². The number of anilines is 2. The topological polar surface area (TPSA) is 75.2 Å². The van der Waals surface area contributed by atoms with Gasteiger partial charge in [0, 0.05) is 29.4 Å². The molecule has 10 heteroatoms. The molecular formula is C22H23F3N4O2S. The second-order valence-corrected chi connectivity index (χ2v) is 9.85. The van der Waals surface area contributed by atoms with Crippen LogP contribution in [0, 0.1) is 12.7 Å². The average molecular weight is 465 g/mol. The van der Waals surface area contributed by atoms with E-state index in [1.54, 1.807) is 32.2 Å². The molecule has 1 aromatic carbocycles. The van der Waals surface area contributed by atoms with Crippen molar-refractivity contribution in [3.63, 3.8) is 0 Å². The third-order valence-corrected chi connectivity index (χ3v) is 7.47. The number of halogens is 3. The lowest BCUT2D eigenvalue weighted by Crippen LogP contribution is -2.38. The molecule has 1 atom stereocenters. The van der Waals surface area contributed by atoms with Gasteiger partial charge in [-0.2, -0.15) is 0 Å². The van der Waals surface area contributed by atoms with Gasteiger partial charge in [-0.25, -0.2) is 26.6 Å². The van der Waals surface area contributed by atoms with E-state index >= 15 is 0 Å². The minimum atomic E-state index is -3.45. The molecule has 0 amide bonds. The molecule has 1 N–H and O–H groups in total. The fourth-order valence-corrected chi connectivity index (χ4v) is 5.55. The van der Waals surface area contributed by atoms with E-state index in [1.165, 1.54) is 16.4 Å². The summed E-state index contributed by atoms with van der Waals surface area (Å²) < 4.78 is 67.3. The first-order chi connectivity index (χ1) is 15.2. The molecule has 0 bridgehead atoms. The minimum absolute atomic E-state index is 0.0701. The number of benzene rings is 1. The van der Waals surface area contributed by atoms with Crippen molar-refractivity contribution in [3.05, 3.63) is 59.2 Å². The summed E-state index contributed by atoms with van der Waals surface area (Å²) in [5.74, 6) is -0.566. The molecule has 170 valence electrons. The molecule has 3 aromatic rings. The number of hydrogen-bond donors (Lipinski definition) is 1. The van der Waals surface area contributed by atoms with Crippen molar-refractivity contribution in [1.82, 2.24) is 9.97 Å². The lowest BCUT2D eigenvalue weighted by Gasteiger charge is -2.28. The number of rotatable bonds is 5. The summed E-state index contributed by atoms with van der Waals surface area (Å²) in [7, 11) is -3.45. The summed E-state index contributed by atoms with van der Waals surface area (Å²) in [5.41, 5.74) is 1.17. The van der Waals surface area contributed by atoms with Gasteiger partial charge in [0.25, 0.3) is 6.43 Å². The molecule has 32 heavy (non-hydrogen) atoms. The maximum Gasteiger partial charge on any atom is 0.266 e. The highest BCUT2D eigenvalue weighted by Gasteiger charge is 2.28. The van der Waals surface area contributed by atoms with E-state index in [9.17, 15) is 21.6 Å². The van der Waals surface area contributed by atoms with Crippen LogP contribution in [0.15, 0.2) is 36.5 Å². The van der Waals surface area contributed by atoms with Crippen LogP contribution in [0.2, 0.25) is 0 Å². The van der Waals surface area contributed by atoms with E-state index < -0.39 is 33.9 Å². The molecular weight excluding hydrogens is 441 g/mol. The Morgan fingerprint density at radius 1 is 1.16 bits per heavy atom. The monoisotopic (exact) mass is 464 g/mol. The zero-order valence-electron chi connectivity index (χ0n) is 17.6. The number of alkyl halides is 2. The number of sulfonamides is 1. The molecule has 4 rings (SSSR count). The number of aromatic nitrogens is 2. The van der Waals surface area contributed by atoms with Gasteiger partial charge in [0.2, 0.25) is 10.0 Å². The number of hydrogen-bond acceptors (Lipinski definition) is 5. The molecule has 0 aliphatic carbocycles. The van der Waals surface area contributed by atoms with Gasteiger partial charge >= 0.3 is 0 Å². The lowest BCUT2D eigenvalue weighted by atomic mass is 10.0. The van der Waals surface area contributed by atoms with Crippen LogP contribution in [0.25, 0.3) is 10.9 Å². The van der Waals surface area contributed by atoms with Crippen molar-refractivity contribution in [3.8, 4) is 0 Å². The molecule has 6 nitrogen and oxygen atoms in total. The highest BCUT2D eigenvalue weighted by Crippen LogP contribution is 2.33. The Morgan fingerprint density at radius 3 is 2.62 bits per heavy atom. The van der Waals surface area contributed by atoms with Gasteiger partial charge in [0.05, 0.1) is 28.6 Å². The number of nitrogens with one attached hydrogen (secondary N) is 1. The van der Waals surface area contributed by atoms with E-state index in [1.807, 2.05) is 0 Å². The number of nitrogens with zero attached hydrogens (tertiary/aromatic N) is 3. The van der Waals surface area contributed by atoms with E-state index in [0.29, 0.717) is 41.1 Å². The van der Waals surface area contributed by atoms with Crippen molar-refractivity contribution in [2.24, 2.45) is 0 Å². The predicted octanol–water partition coefficient (Wildman–Crippen LogP) is 5.12. The van der Waals surface area contributed by atoms with Crippen molar-refractivity contribution in [1.29, 1.82) is 0 Å². The van der Waals surface area contributed by atoms with Crippen LogP contribution in [0.1, 0.15) is 49.1 Å². The second-order valence-electron chi connectivity index (χ2n) is 7.83. The molecule has 0 unspecified atom stereocenters. The van der Waals surface area contributed by atoms with Crippen LogP contribution in [0.5, 0.6) is 0 Å². The Bertz CT molecular complexity index is 1270. The van der Waals surface area contributed by atoms with Crippen LogP contribution in [0.3, 0.4) is 0 Å². The van der Waals surface area contributed by atoms with Crippen LogP contribution < -0.4 is 9.62 Å². The molecule has 1 aliphatic heterocycles. The third kappa shape index (κ3) is 4.11. The Labute approximate surface area is 184 Å². The van der Waals surface area contributed by atoms with E-state index in [2.05, 4.69) is 15.3 Å². The molecule has 2 aromatic heterocycles. The van der Waals surface area contributed by atoms with Crippen molar-refractivity contribution < 1.29 is 21.6 Å². The average Bonchev–Trinajstić information content (AvgIpc) is 2.73. The number of fused-ring (bicyclic) bond motifs is 1. The number of aryl methyl sites for hydroxylation is 1. The summed E-state index contributed by atoms with van der Waals surface area (Å²) in [5, 5.41) is 3.78. The van der Waals surface area contributed by atoms with Gasteiger partial charge in [-0.15, -0.1) is 0 Å². The highest BCUT2D eigenvalue weighted by molar-refractivity contribution is 7.92. The molecule has 0 saturated carbocycles. The minimum Gasteiger partial charge on any atom is -0.378 e. The smallest absolute Gasteiger partial charge is 0.266 e. The fourth-order valence-electron chi connectivity index (χ4n) is 3.98. The molecule has 1 fully saturated rings. The quantitative estimate of drug-likeness (QED) is 0.567. The Balaban J connectivity index is 1.75. The van der Waals surface area contributed by atoms with Gasteiger partial charge in [-0.3, -0.25) is 9.29 Å². The molecule has 3 heterocycles. The third-order valence-electron chi connectivity index (χ3n) is 5.63. The van der Waals surface area contributed by atoms with Gasteiger partial charge in [0.1, 0.15) is 11.6 Å². The van der Waals surface area contributed by atoms with Gasteiger partial charge in [-0.1, -0.05) is 18.2 Å². The zero-order valence-corrected chi connectivity index (χ0v) is 18.5. The molecule has 1 aliphatic rings. The van der Waals surface area contributed by atoms with Crippen LogP contribution >= 0.6 is 0 Å². The van der Waals surface area contributed by atoms with E-state index in [4.69, 9.17) is 0 Å². The summed E-state index contributed by atoms with van der Waals surface area (Å²) in [6.45, 7) is 3.77. The van der Waals surface area contributed by atoms with Crippen LogP contribution in [0.4, 0.5) is 24.7 Å². The normalized spacial score (nSPS) is 17.0. The highest BCUT2D eigenvalue weighted by atomic mass is 32.2. The fraction of sp³-hybridized carbons (Fsp3) is 0.364. The molecule has 1 saturated heterocycles. The first kappa shape index (κ1) is 22.3. The zero-order chi connectivity index (χ0) is 23.0. The molecule has 0 radical (unpaired) electrons. The maximum atomic E-state index is 14.6. The van der Waals surface area contributed by atoms with Crippen molar-refractivity contribution >= 4 is 32.4 Å². The Morgan fingerprint density at radius 2 is 1.91 bits per heavy atom. The van der Waals surface area contributed by atoms with Crippen molar-refractivity contribution in [2.75, 3.05) is 21.9 Å². The Kier molecular flexibility index (Phi) is 5.98. The largest absolute Gasteiger partial charge is 0.378 e. The van der Waals surface area contributed by atoms with E-state index in [-0.39, 0.29) is 11.3 Å². The Hall–Kier alpha value is -2.88. The first-order valence-electron chi connectivity index (χ1n) is 10.3. The predicted molar refractivity (Wildman–Crippen MR) is 118 cm³/mol. The van der Waals surface area contributed by atoms with Gasteiger partial charge in [-0.05, 0) is 38.8 Å². The summed E-state index contributed by atoms with van der Waals surface area (Å²) in [6.07, 6.45) is 0.00892. The standard InChI is InChI=1S/C22H23F3N4O2S/c1-13(15-6-5-7-16(20(15)23)22(24)25)27-18-8-9-26-21-14(2)28-19(12-17(18)21)29-10-3-4-11-32(29,30)31/h5-9,12-13,22H,3-4,10-11H2,1-2H3,(H,26,27)/t13-/m1/s1. The van der Waals surface area contributed by atoms with Crippen LogP contribution in [-0.4, -0.2) is 30.7 Å².